The van der Waals surface area contributed by atoms with Crippen molar-refractivity contribution >= 4 is 37.3 Å². The van der Waals surface area contributed by atoms with Gasteiger partial charge in [-0.2, -0.15) is 0 Å². The fourth-order valence-corrected chi connectivity index (χ4v) is 4.70. The Hall–Kier alpha value is 0.0900. The van der Waals surface area contributed by atoms with Crippen LogP contribution < -0.4 is 4.72 Å². The lowest BCUT2D eigenvalue weighted by Gasteiger charge is -2.13. The zero-order valence-electron chi connectivity index (χ0n) is 10.8. The Morgan fingerprint density at radius 3 is 2.61 bits per heavy atom. The minimum absolute atomic E-state index is 0.393. The largest absolute Gasteiger partial charge is 0.250 e. The number of aryl methyl sites for hydroxylation is 1. The quantitative estimate of drug-likeness (QED) is 0.728. The van der Waals surface area contributed by atoms with E-state index in [0.717, 1.165) is 29.5 Å². The Bertz CT molecular complexity index is 456. The second kappa shape index (κ2) is 7.62. The fourth-order valence-electron chi connectivity index (χ4n) is 1.60. The highest BCUT2D eigenvalue weighted by Gasteiger charge is 2.17. The molecule has 3 nitrogen and oxygen atoms in total. The van der Waals surface area contributed by atoms with Crippen molar-refractivity contribution in [1.29, 1.82) is 0 Å². The molecule has 1 unspecified atom stereocenters. The molecular weight excluding hydrogens is 334 g/mol. The summed E-state index contributed by atoms with van der Waals surface area (Å²) >= 11 is 4.75. The average molecular weight is 354 g/mol. The third-order valence-electron chi connectivity index (χ3n) is 2.91. The Balaban J connectivity index is 2.64. The van der Waals surface area contributed by atoms with Crippen LogP contribution in [-0.4, -0.2) is 20.3 Å². The van der Waals surface area contributed by atoms with Gasteiger partial charge in [0.15, 0.2) is 0 Å². The molecule has 1 rings (SSSR count). The Morgan fingerprint density at radius 2 is 2.11 bits per heavy atom. The molecule has 0 bridgehead atoms. The molecule has 104 valence electrons. The van der Waals surface area contributed by atoms with Crippen LogP contribution in [-0.2, 0) is 16.4 Å². The first-order chi connectivity index (χ1) is 8.53. The minimum Gasteiger partial charge on any atom is -0.210 e. The summed E-state index contributed by atoms with van der Waals surface area (Å²) < 4.78 is 27.3. The van der Waals surface area contributed by atoms with Crippen LogP contribution in [0.25, 0.3) is 0 Å². The number of rotatable bonds is 8. The van der Waals surface area contributed by atoms with E-state index in [0.29, 0.717) is 16.7 Å². The van der Waals surface area contributed by atoms with Gasteiger partial charge in [0.05, 0.1) is 0 Å². The van der Waals surface area contributed by atoms with Gasteiger partial charge in [0.25, 0.3) is 0 Å². The van der Waals surface area contributed by atoms with Crippen LogP contribution in [0.2, 0.25) is 0 Å². The minimum atomic E-state index is -3.32. The first kappa shape index (κ1) is 16.1. The molecule has 1 N–H and O–H groups in total. The van der Waals surface area contributed by atoms with Gasteiger partial charge in [0, 0.05) is 16.8 Å². The van der Waals surface area contributed by atoms with Gasteiger partial charge >= 0.3 is 0 Å². The molecule has 0 aromatic carbocycles. The molecule has 0 aliphatic rings. The monoisotopic (exact) mass is 353 g/mol. The molecule has 0 radical (unpaired) electrons. The van der Waals surface area contributed by atoms with E-state index < -0.39 is 10.0 Å². The molecule has 0 aliphatic carbocycles. The molecule has 0 saturated heterocycles. The molecule has 18 heavy (non-hydrogen) atoms. The van der Waals surface area contributed by atoms with E-state index in [1.807, 2.05) is 13.0 Å². The van der Waals surface area contributed by atoms with Gasteiger partial charge in [-0.1, -0.05) is 36.2 Å². The van der Waals surface area contributed by atoms with Gasteiger partial charge < -0.3 is 0 Å². The van der Waals surface area contributed by atoms with Gasteiger partial charge in [-0.3, -0.25) is 0 Å². The van der Waals surface area contributed by atoms with E-state index in [1.54, 1.807) is 6.07 Å². The lowest BCUT2D eigenvalue weighted by molar-refractivity contribution is 0.483. The summed E-state index contributed by atoms with van der Waals surface area (Å²) in [5, 5.41) is 0.909. The zero-order chi connectivity index (χ0) is 13.6. The molecule has 0 fully saturated rings. The van der Waals surface area contributed by atoms with Crippen molar-refractivity contribution in [2.75, 3.05) is 11.9 Å². The summed E-state index contributed by atoms with van der Waals surface area (Å²) in [6.45, 7) is 4.63. The Morgan fingerprint density at radius 1 is 1.39 bits per heavy atom. The first-order valence-corrected chi connectivity index (χ1v) is 9.59. The van der Waals surface area contributed by atoms with Crippen LogP contribution in [0, 0.1) is 5.92 Å². The highest BCUT2D eigenvalue weighted by atomic mass is 79.9. The molecule has 1 heterocycles. The average Bonchev–Trinajstić information content (AvgIpc) is 2.84. The fraction of sp³-hybridized carbons (Fsp3) is 0.667. The maximum absolute atomic E-state index is 12.1. The zero-order valence-corrected chi connectivity index (χ0v) is 14.0. The summed E-state index contributed by atoms with van der Waals surface area (Å²) in [5.41, 5.74) is 0. The van der Waals surface area contributed by atoms with E-state index in [2.05, 4.69) is 27.6 Å². The van der Waals surface area contributed by atoms with Crippen molar-refractivity contribution in [2.45, 2.75) is 37.3 Å². The number of hydrogen-bond donors (Lipinski definition) is 1. The predicted molar refractivity (Wildman–Crippen MR) is 81.1 cm³/mol. The number of halogens is 1. The summed E-state index contributed by atoms with van der Waals surface area (Å²) in [4.78, 5) is 1.10. The van der Waals surface area contributed by atoms with Crippen LogP contribution in [0.15, 0.2) is 16.3 Å². The molecule has 0 aliphatic heterocycles. The smallest absolute Gasteiger partial charge is 0.210 e. The third-order valence-corrected chi connectivity index (χ3v) is 6.51. The number of sulfonamides is 1. The maximum atomic E-state index is 12.1. The van der Waals surface area contributed by atoms with E-state index in [-0.39, 0.29) is 0 Å². The number of nitrogens with one attached hydrogen (secondary N) is 1. The van der Waals surface area contributed by atoms with Gasteiger partial charge in [-0.25, -0.2) is 13.1 Å². The topological polar surface area (TPSA) is 46.2 Å². The second-order valence-corrected chi connectivity index (χ2v) is 8.13. The van der Waals surface area contributed by atoms with Gasteiger partial charge in [-0.15, -0.1) is 11.3 Å². The van der Waals surface area contributed by atoms with Crippen LogP contribution in [0.1, 0.15) is 31.6 Å². The van der Waals surface area contributed by atoms with Gasteiger partial charge in [0.2, 0.25) is 10.0 Å². The van der Waals surface area contributed by atoms with Crippen molar-refractivity contribution in [3.63, 3.8) is 0 Å². The normalized spacial score (nSPS) is 13.7. The molecule has 1 atom stereocenters. The molecule has 1 aromatic rings. The Kier molecular flexibility index (Phi) is 6.84. The highest BCUT2D eigenvalue weighted by molar-refractivity contribution is 9.09. The lowest BCUT2D eigenvalue weighted by atomic mass is 10.0. The van der Waals surface area contributed by atoms with Crippen molar-refractivity contribution in [3.8, 4) is 0 Å². The van der Waals surface area contributed by atoms with E-state index in [1.165, 1.54) is 11.3 Å². The molecular formula is C12H20BrNO2S2. The standard InChI is InChI=1S/C12H20BrNO2S2/c1-3-10(7-8-13)9-14-18(15,16)12-6-5-11(4-2)17-12/h5-6,10,14H,3-4,7-9H2,1-2H3. The molecule has 0 spiro atoms. The first-order valence-electron chi connectivity index (χ1n) is 6.17. The van der Waals surface area contributed by atoms with Crippen LogP contribution >= 0.6 is 27.3 Å². The van der Waals surface area contributed by atoms with Crippen LogP contribution in [0.5, 0.6) is 0 Å². The van der Waals surface area contributed by atoms with Crippen molar-refractivity contribution in [1.82, 2.24) is 4.72 Å². The second-order valence-electron chi connectivity index (χ2n) is 4.18. The van der Waals surface area contributed by atoms with Gasteiger partial charge in [-0.05, 0) is 30.9 Å². The third kappa shape index (κ3) is 4.64. The predicted octanol–water partition coefficient (Wildman–Crippen LogP) is 3.40. The summed E-state index contributed by atoms with van der Waals surface area (Å²) in [5.74, 6) is 0.393. The molecule has 1 aromatic heterocycles. The van der Waals surface area contributed by atoms with Crippen molar-refractivity contribution in [3.05, 3.63) is 17.0 Å². The van der Waals surface area contributed by atoms with Crippen molar-refractivity contribution < 1.29 is 8.42 Å². The van der Waals surface area contributed by atoms with Gasteiger partial charge in [0.1, 0.15) is 4.21 Å². The lowest BCUT2D eigenvalue weighted by Crippen LogP contribution is -2.28. The highest BCUT2D eigenvalue weighted by Crippen LogP contribution is 2.22. The summed E-state index contributed by atoms with van der Waals surface area (Å²) in [6.07, 6.45) is 2.85. The molecule has 0 amide bonds. The summed E-state index contributed by atoms with van der Waals surface area (Å²) in [7, 11) is -3.32. The van der Waals surface area contributed by atoms with Crippen molar-refractivity contribution in [2.24, 2.45) is 5.92 Å². The SMILES string of the molecule is CCc1ccc(S(=O)(=O)NCC(CC)CCBr)s1. The maximum Gasteiger partial charge on any atom is 0.250 e. The number of thiophene rings is 1. The van der Waals surface area contributed by atoms with E-state index >= 15 is 0 Å². The number of hydrogen-bond acceptors (Lipinski definition) is 3. The van der Waals surface area contributed by atoms with Crippen LogP contribution in [0.3, 0.4) is 0 Å². The van der Waals surface area contributed by atoms with E-state index in [4.69, 9.17) is 0 Å². The Labute approximate surface area is 122 Å². The molecule has 0 saturated carbocycles. The van der Waals surface area contributed by atoms with E-state index in [9.17, 15) is 8.42 Å². The molecule has 6 heteroatoms. The summed E-state index contributed by atoms with van der Waals surface area (Å²) in [6, 6.07) is 3.58. The number of alkyl halides is 1. The van der Waals surface area contributed by atoms with Crippen LogP contribution in [0.4, 0.5) is 0 Å².